The Kier molecular flexibility index (Phi) is 5.92. The van der Waals surface area contributed by atoms with Crippen molar-refractivity contribution in [3.63, 3.8) is 0 Å². The molecule has 1 N–H and O–H groups in total. The number of benzene rings is 2. The van der Waals surface area contributed by atoms with Crippen molar-refractivity contribution in [2.75, 3.05) is 13.2 Å². The van der Waals surface area contributed by atoms with Gasteiger partial charge in [-0.15, -0.1) is 0 Å². The Morgan fingerprint density at radius 1 is 1.04 bits per heavy atom. The lowest BCUT2D eigenvalue weighted by Crippen LogP contribution is -2.44. The molecule has 0 unspecified atom stereocenters. The highest BCUT2D eigenvalue weighted by Crippen LogP contribution is 2.32. The zero-order valence-electron chi connectivity index (χ0n) is 14.9. The summed E-state index contributed by atoms with van der Waals surface area (Å²) in [6.07, 6.45) is 1.22. The quantitative estimate of drug-likeness (QED) is 0.696. The molecule has 3 rings (SSSR count). The summed E-state index contributed by atoms with van der Waals surface area (Å²) in [7, 11) is 0. The first-order valence-electron chi connectivity index (χ1n) is 8.65. The van der Waals surface area contributed by atoms with E-state index in [0.29, 0.717) is 28.6 Å². The number of hydrogen-bond acceptors (Lipinski definition) is 3. The van der Waals surface area contributed by atoms with Gasteiger partial charge in [0, 0.05) is 0 Å². The molecule has 5 nitrogen and oxygen atoms in total. The number of urea groups is 1. The maximum atomic E-state index is 12.8. The lowest BCUT2D eigenvalue weighted by molar-refractivity contribution is -0.131. The molecule has 1 saturated heterocycles. The minimum atomic E-state index is -0.922. The SMILES string of the molecule is C[C@]1(CCc2ccccc2)NC(=O)N(CCOc2c(Cl)cccc2Cl)C1=O. The van der Waals surface area contributed by atoms with Crippen LogP contribution in [0.2, 0.25) is 10.0 Å². The highest BCUT2D eigenvalue weighted by Gasteiger charge is 2.47. The van der Waals surface area contributed by atoms with Crippen molar-refractivity contribution < 1.29 is 14.3 Å². The van der Waals surface area contributed by atoms with Gasteiger partial charge in [0.25, 0.3) is 5.91 Å². The molecule has 142 valence electrons. The lowest BCUT2D eigenvalue weighted by atomic mass is 9.93. The number of hydrogen-bond donors (Lipinski definition) is 1. The van der Waals surface area contributed by atoms with Crippen molar-refractivity contribution in [2.45, 2.75) is 25.3 Å². The van der Waals surface area contributed by atoms with Gasteiger partial charge in [-0.1, -0.05) is 59.6 Å². The number of nitrogens with zero attached hydrogens (tertiary/aromatic N) is 1. The molecule has 1 heterocycles. The summed E-state index contributed by atoms with van der Waals surface area (Å²) in [5.74, 6) is 0.0945. The zero-order chi connectivity index (χ0) is 19.4. The van der Waals surface area contributed by atoms with Crippen molar-refractivity contribution in [3.8, 4) is 5.75 Å². The number of imide groups is 1. The van der Waals surface area contributed by atoms with E-state index in [0.717, 1.165) is 5.56 Å². The van der Waals surface area contributed by atoms with Crippen LogP contribution in [0.15, 0.2) is 48.5 Å². The van der Waals surface area contributed by atoms with E-state index in [1.165, 1.54) is 4.90 Å². The first-order chi connectivity index (χ1) is 12.9. The summed E-state index contributed by atoms with van der Waals surface area (Å²) in [5.41, 5.74) is 0.200. The van der Waals surface area contributed by atoms with Crippen molar-refractivity contribution >= 4 is 35.1 Å². The molecular weight excluding hydrogens is 387 g/mol. The monoisotopic (exact) mass is 406 g/mol. The van der Waals surface area contributed by atoms with Gasteiger partial charge in [0.05, 0.1) is 16.6 Å². The molecule has 0 aliphatic carbocycles. The maximum absolute atomic E-state index is 12.8. The van der Waals surface area contributed by atoms with E-state index < -0.39 is 11.6 Å². The average Bonchev–Trinajstić information content (AvgIpc) is 2.86. The highest BCUT2D eigenvalue weighted by atomic mass is 35.5. The molecule has 1 fully saturated rings. The van der Waals surface area contributed by atoms with Gasteiger partial charge in [-0.2, -0.15) is 0 Å². The predicted molar refractivity (Wildman–Crippen MR) is 105 cm³/mol. The number of para-hydroxylation sites is 1. The van der Waals surface area contributed by atoms with Crippen LogP contribution in [-0.4, -0.2) is 35.5 Å². The van der Waals surface area contributed by atoms with Crippen LogP contribution in [-0.2, 0) is 11.2 Å². The molecular formula is C20H20Cl2N2O3. The highest BCUT2D eigenvalue weighted by molar-refractivity contribution is 6.37. The summed E-state index contributed by atoms with van der Waals surface area (Å²) >= 11 is 12.1. The Bertz CT molecular complexity index is 824. The zero-order valence-corrected chi connectivity index (χ0v) is 16.4. The third-order valence-corrected chi connectivity index (χ3v) is 5.18. The van der Waals surface area contributed by atoms with Crippen LogP contribution in [0.25, 0.3) is 0 Å². The molecule has 7 heteroatoms. The van der Waals surface area contributed by atoms with Gasteiger partial charge in [-0.25, -0.2) is 4.79 Å². The number of carbonyl (C=O) groups is 2. The van der Waals surface area contributed by atoms with E-state index in [1.54, 1.807) is 25.1 Å². The fraction of sp³-hybridized carbons (Fsp3) is 0.300. The molecule has 0 radical (unpaired) electrons. The van der Waals surface area contributed by atoms with Gasteiger partial charge < -0.3 is 10.1 Å². The van der Waals surface area contributed by atoms with Gasteiger partial charge in [0.15, 0.2) is 5.75 Å². The average molecular weight is 407 g/mol. The second kappa shape index (κ2) is 8.19. The van der Waals surface area contributed by atoms with Crippen molar-refractivity contribution in [1.82, 2.24) is 10.2 Å². The Hall–Kier alpha value is -2.24. The molecule has 1 atom stereocenters. The van der Waals surface area contributed by atoms with Crippen LogP contribution in [0.5, 0.6) is 5.75 Å². The standard InChI is InChI=1S/C20H20Cl2N2O3/c1-20(11-10-14-6-3-2-4-7-14)18(25)24(19(26)23-20)12-13-27-17-15(21)8-5-9-16(17)22/h2-9H,10-13H2,1H3,(H,23,26)/t20-/m1/s1. The van der Waals surface area contributed by atoms with Crippen molar-refractivity contribution in [2.24, 2.45) is 0 Å². The molecule has 3 amide bonds. The van der Waals surface area contributed by atoms with Crippen LogP contribution in [0.3, 0.4) is 0 Å². The fourth-order valence-corrected chi connectivity index (χ4v) is 3.52. The number of nitrogens with one attached hydrogen (secondary N) is 1. The summed E-state index contributed by atoms with van der Waals surface area (Å²) in [6, 6.07) is 14.5. The second-order valence-corrected chi connectivity index (χ2v) is 7.42. The molecule has 0 bridgehead atoms. The molecule has 0 saturated carbocycles. The van der Waals surface area contributed by atoms with E-state index in [2.05, 4.69) is 5.32 Å². The van der Waals surface area contributed by atoms with Gasteiger partial charge in [0.1, 0.15) is 12.1 Å². The summed E-state index contributed by atoms with van der Waals surface area (Å²) < 4.78 is 5.59. The summed E-state index contributed by atoms with van der Waals surface area (Å²) in [4.78, 5) is 26.2. The van der Waals surface area contributed by atoms with E-state index in [1.807, 2.05) is 30.3 Å². The van der Waals surface area contributed by atoms with Gasteiger partial charge in [-0.3, -0.25) is 9.69 Å². The Morgan fingerprint density at radius 2 is 1.70 bits per heavy atom. The van der Waals surface area contributed by atoms with Crippen LogP contribution < -0.4 is 10.1 Å². The van der Waals surface area contributed by atoms with Crippen LogP contribution in [0, 0.1) is 0 Å². The van der Waals surface area contributed by atoms with Gasteiger partial charge in [-0.05, 0) is 37.5 Å². The Balaban J connectivity index is 1.58. The van der Waals surface area contributed by atoms with E-state index in [9.17, 15) is 9.59 Å². The van der Waals surface area contributed by atoms with Gasteiger partial charge >= 0.3 is 6.03 Å². The Labute approximate surface area is 168 Å². The second-order valence-electron chi connectivity index (χ2n) is 6.60. The number of carbonyl (C=O) groups excluding carboxylic acids is 2. The molecule has 0 aromatic heterocycles. The third-order valence-electron chi connectivity index (χ3n) is 4.58. The smallest absolute Gasteiger partial charge is 0.325 e. The van der Waals surface area contributed by atoms with E-state index in [4.69, 9.17) is 27.9 Å². The van der Waals surface area contributed by atoms with Crippen LogP contribution in [0.4, 0.5) is 4.79 Å². The molecule has 1 aliphatic rings. The topological polar surface area (TPSA) is 58.6 Å². The minimum absolute atomic E-state index is 0.109. The molecule has 2 aromatic carbocycles. The third kappa shape index (κ3) is 4.37. The van der Waals surface area contributed by atoms with Crippen molar-refractivity contribution in [3.05, 3.63) is 64.1 Å². The minimum Gasteiger partial charge on any atom is -0.489 e. The maximum Gasteiger partial charge on any atom is 0.325 e. The molecule has 0 spiro atoms. The first-order valence-corrected chi connectivity index (χ1v) is 9.41. The van der Waals surface area contributed by atoms with E-state index in [-0.39, 0.29) is 19.1 Å². The normalized spacial score (nSPS) is 19.3. The van der Waals surface area contributed by atoms with E-state index >= 15 is 0 Å². The Morgan fingerprint density at radius 3 is 2.37 bits per heavy atom. The lowest BCUT2D eigenvalue weighted by Gasteiger charge is -2.21. The fourth-order valence-electron chi connectivity index (χ4n) is 3.02. The first kappa shape index (κ1) is 19.5. The molecule has 1 aliphatic heterocycles. The number of aryl methyl sites for hydroxylation is 1. The molecule has 27 heavy (non-hydrogen) atoms. The van der Waals surface area contributed by atoms with Gasteiger partial charge in [0.2, 0.25) is 0 Å². The van der Waals surface area contributed by atoms with Crippen LogP contribution >= 0.6 is 23.2 Å². The van der Waals surface area contributed by atoms with Crippen molar-refractivity contribution in [1.29, 1.82) is 0 Å². The summed E-state index contributed by atoms with van der Waals surface area (Å²) in [6.45, 7) is 1.98. The predicted octanol–water partition coefficient (Wildman–Crippen LogP) is 4.32. The molecule has 2 aromatic rings. The number of amides is 3. The van der Waals surface area contributed by atoms with Crippen LogP contribution in [0.1, 0.15) is 18.9 Å². The largest absolute Gasteiger partial charge is 0.489 e. The number of ether oxygens (including phenoxy) is 1. The number of rotatable bonds is 7. The number of halogens is 2. The summed E-state index contributed by atoms with van der Waals surface area (Å²) in [5, 5.41) is 3.57.